The van der Waals surface area contributed by atoms with Crippen LogP contribution in [-0.2, 0) is 17.9 Å². The van der Waals surface area contributed by atoms with E-state index in [4.69, 9.17) is 15.6 Å². The standard InChI is InChI=1S/C10H16N2O.C2HF3O2/c1-2-3-5-12-6-4-9(8-11)7-10(12)13;3-2(4,5)1(6)7/h4,6-7H,2-3,5,8,11H2,1H3;(H,6,7). The second-order valence-corrected chi connectivity index (χ2v) is 3.93. The molecule has 0 aliphatic rings. The van der Waals surface area contributed by atoms with E-state index in [1.807, 2.05) is 12.3 Å². The summed E-state index contributed by atoms with van der Waals surface area (Å²) in [7, 11) is 0. The lowest BCUT2D eigenvalue weighted by atomic mass is 10.2. The third kappa shape index (κ3) is 6.93. The summed E-state index contributed by atoms with van der Waals surface area (Å²) in [5.74, 6) is -2.76. The van der Waals surface area contributed by atoms with Crippen LogP contribution in [0.2, 0.25) is 0 Å². The molecule has 0 aromatic carbocycles. The Labute approximate surface area is 113 Å². The molecule has 1 aromatic rings. The molecule has 20 heavy (non-hydrogen) atoms. The molecule has 8 heteroatoms. The number of aliphatic carboxylic acids is 1. The van der Waals surface area contributed by atoms with E-state index in [0.29, 0.717) is 6.54 Å². The maximum Gasteiger partial charge on any atom is 0.490 e. The van der Waals surface area contributed by atoms with Crippen molar-refractivity contribution < 1.29 is 23.1 Å². The zero-order chi connectivity index (χ0) is 15.8. The highest BCUT2D eigenvalue weighted by Crippen LogP contribution is 2.13. The van der Waals surface area contributed by atoms with E-state index in [9.17, 15) is 18.0 Å². The molecule has 1 heterocycles. The van der Waals surface area contributed by atoms with Crippen molar-refractivity contribution in [2.45, 2.75) is 39.0 Å². The van der Waals surface area contributed by atoms with Crippen molar-refractivity contribution in [1.29, 1.82) is 0 Å². The SMILES string of the molecule is CCCCn1ccc(CN)cc1=O.O=C(O)C(F)(F)F. The highest BCUT2D eigenvalue weighted by molar-refractivity contribution is 5.73. The number of pyridine rings is 1. The minimum absolute atomic E-state index is 0.0522. The number of carboxylic acids is 1. The van der Waals surface area contributed by atoms with Crippen molar-refractivity contribution in [2.24, 2.45) is 5.73 Å². The van der Waals surface area contributed by atoms with Crippen LogP contribution in [0.5, 0.6) is 0 Å². The van der Waals surface area contributed by atoms with E-state index >= 15 is 0 Å². The van der Waals surface area contributed by atoms with Crippen LogP contribution in [0.4, 0.5) is 13.2 Å². The van der Waals surface area contributed by atoms with Crippen molar-refractivity contribution in [1.82, 2.24) is 4.57 Å². The molecule has 1 aromatic heterocycles. The van der Waals surface area contributed by atoms with Crippen molar-refractivity contribution >= 4 is 5.97 Å². The van der Waals surface area contributed by atoms with Gasteiger partial charge in [-0.05, 0) is 18.1 Å². The summed E-state index contributed by atoms with van der Waals surface area (Å²) in [6.07, 6.45) is -1.12. The summed E-state index contributed by atoms with van der Waals surface area (Å²) in [5, 5.41) is 7.12. The van der Waals surface area contributed by atoms with Crippen LogP contribution in [0.3, 0.4) is 0 Å². The molecule has 0 aliphatic carbocycles. The molecule has 0 saturated heterocycles. The van der Waals surface area contributed by atoms with E-state index in [1.54, 1.807) is 10.6 Å². The van der Waals surface area contributed by atoms with Gasteiger partial charge in [-0.15, -0.1) is 0 Å². The second kappa shape index (κ2) is 8.36. The third-order valence-electron chi connectivity index (χ3n) is 2.29. The molecule has 0 unspecified atom stereocenters. The fourth-order valence-electron chi connectivity index (χ4n) is 1.19. The van der Waals surface area contributed by atoms with Crippen LogP contribution < -0.4 is 11.3 Å². The lowest BCUT2D eigenvalue weighted by molar-refractivity contribution is -0.192. The molecular formula is C12H17F3N2O3. The van der Waals surface area contributed by atoms with Crippen LogP contribution in [0.25, 0.3) is 0 Å². The van der Waals surface area contributed by atoms with Gasteiger partial charge < -0.3 is 15.4 Å². The Kier molecular flexibility index (Phi) is 7.60. The van der Waals surface area contributed by atoms with E-state index in [2.05, 4.69) is 6.92 Å². The number of hydrogen-bond acceptors (Lipinski definition) is 3. The first kappa shape index (κ1) is 18.2. The van der Waals surface area contributed by atoms with Crippen molar-refractivity contribution in [2.75, 3.05) is 0 Å². The zero-order valence-corrected chi connectivity index (χ0v) is 11.0. The predicted octanol–water partition coefficient (Wildman–Crippen LogP) is 1.74. The second-order valence-electron chi connectivity index (χ2n) is 3.93. The molecule has 0 amide bonds. The number of halogens is 3. The third-order valence-corrected chi connectivity index (χ3v) is 2.29. The molecule has 0 bridgehead atoms. The average Bonchev–Trinajstić information content (AvgIpc) is 2.36. The van der Waals surface area contributed by atoms with Gasteiger partial charge in [0.05, 0.1) is 0 Å². The van der Waals surface area contributed by atoms with Gasteiger partial charge in [0.2, 0.25) is 0 Å². The van der Waals surface area contributed by atoms with Gasteiger partial charge in [-0.3, -0.25) is 4.79 Å². The number of nitrogens with zero attached hydrogens (tertiary/aromatic N) is 1. The molecule has 0 spiro atoms. The first-order valence-corrected chi connectivity index (χ1v) is 5.92. The molecular weight excluding hydrogens is 277 g/mol. The minimum atomic E-state index is -5.08. The van der Waals surface area contributed by atoms with Crippen LogP contribution in [0.1, 0.15) is 25.3 Å². The number of hydrogen-bond donors (Lipinski definition) is 2. The topological polar surface area (TPSA) is 85.3 Å². The fourth-order valence-corrected chi connectivity index (χ4v) is 1.19. The largest absolute Gasteiger partial charge is 0.490 e. The summed E-state index contributed by atoms with van der Waals surface area (Å²) >= 11 is 0. The number of unbranched alkanes of at least 4 members (excludes halogenated alkanes) is 1. The first-order chi connectivity index (χ1) is 9.22. The molecule has 5 nitrogen and oxygen atoms in total. The summed E-state index contributed by atoms with van der Waals surface area (Å²) in [6, 6.07) is 3.51. The smallest absolute Gasteiger partial charge is 0.475 e. The summed E-state index contributed by atoms with van der Waals surface area (Å²) in [4.78, 5) is 20.3. The monoisotopic (exact) mass is 294 g/mol. The van der Waals surface area contributed by atoms with Gasteiger partial charge in [0.15, 0.2) is 0 Å². The number of nitrogens with two attached hydrogens (primary N) is 1. The zero-order valence-electron chi connectivity index (χ0n) is 11.0. The number of alkyl halides is 3. The first-order valence-electron chi connectivity index (χ1n) is 5.92. The number of rotatable bonds is 4. The average molecular weight is 294 g/mol. The maximum absolute atomic E-state index is 11.4. The summed E-state index contributed by atoms with van der Waals surface area (Å²) in [5.41, 5.74) is 6.37. The van der Waals surface area contributed by atoms with Crippen LogP contribution in [0, 0.1) is 0 Å². The Hall–Kier alpha value is -1.83. The molecule has 0 saturated carbocycles. The summed E-state index contributed by atoms with van der Waals surface area (Å²) in [6.45, 7) is 3.35. The lowest BCUT2D eigenvalue weighted by Crippen LogP contribution is -2.21. The van der Waals surface area contributed by atoms with Gasteiger partial charge in [0.1, 0.15) is 0 Å². The van der Waals surface area contributed by atoms with E-state index < -0.39 is 12.1 Å². The molecule has 1 rings (SSSR count). The maximum atomic E-state index is 11.4. The Balaban J connectivity index is 0.000000441. The highest BCUT2D eigenvalue weighted by atomic mass is 19.4. The van der Waals surface area contributed by atoms with Crippen molar-refractivity contribution in [3.63, 3.8) is 0 Å². The van der Waals surface area contributed by atoms with Crippen LogP contribution in [-0.4, -0.2) is 21.8 Å². The van der Waals surface area contributed by atoms with Gasteiger partial charge in [-0.2, -0.15) is 13.2 Å². The Morgan fingerprint density at radius 1 is 1.45 bits per heavy atom. The van der Waals surface area contributed by atoms with E-state index in [-0.39, 0.29) is 5.56 Å². The fraction of sp³-hybridized carbons (Fsp3) is 0.500. The van der Waals surface area contributed by atoms with Gasteiger partial charge >= 0.3 is 12.1 Å². The number of carboxylic acid groups (broad SMARTS) is 1. The van der Waals surface area contributed by atoms with E-state index in [0.717, 1.165) is 24.9 Å². The lowest BCUT2D eigenvalue weighted by Gasteiger charge is -2.04. The quantitative estimate of drug-likeness (QED) is 0.885. The minimum Gasteiger partial charge on any atom is -0.475 e. The molecule has 3 N–H and O–H groups in total. The van der Waals surface area contributed by atoms with Gasteiger partial charge in [0.25, 0.3) is 5.56 Å². The van der Waals surface area contributed by atoms with E-state index in [1.165, 1.54) is 0 Å². The molecule has 0 atom stereocenters. The normalized spacial score (nSPS) is 10.7. The molecule has 0 fully saturated rings. The van der Waals surface area contributed by atoms with Gasteiger partial charge in [0, 0.05) is 25.4 Å². The molecule has 114 valence electrons. The predicted molar refractivity (Wildman–Crippen MR) is 67.2 cm³/mol. The van der Waals surface area contributed by atoms with Crippen molar-refractivity contribution in [3.8, 4) is 0 Å². The number of aryl methyl sites for hydroxylation is 1. The van der Waals surface area contributed by atoms with Crippen molar-refractivity contribution in [3.05, 3.63) is 34.2 Å². The van der Waals surface area contributed by atoms with Gasteiger partial charge in [-0.25, -0.2) is 4.79 Å². The Morgan fingerprint density at radius 2 is 2.00 bits per heavy atom. The summed E-state index contributed by atoms with van der Waals surface area (Å²) < 4.78 is 33.5. The Bertz CT molecular complexity index is 484. The Morgan fingerprint density at radius 3 is 2.35 bits per heavy atom. The van der Waals surface area contributed by atoms with Crippen LogP contribution in [0.15, 0.2) is 23.1 Å². The molecule has 0 aliphatic heterocycles. The van der Waals surface area contributed by atoms with Gasteiger partial charge in [-0.1, -0.05) is 13.3 Å². The number of carbonyl (C=O) groups is 1. The highest BCUT2D eigenvalue weighted by Gasteiger charge is 2.38. The molecule has 0 radical (unpaired) electrons. The van der Waals surface area contributed by atoms with Crippen LogP contribution >= 0.6 is 0 Å². The number of aromatic nitrogens is 1.